The van der Waals surface area contributed by atoms with Gasteiger partial charge in [0.2, 0.25) is 11.8 Å². The molecule has 158 valence electrons. The summed E-state index contributed by atoms with van der Waals surface area (Å²) in [5.74, 6) is -1.95. The van der Waals surface area contributed by atoms with Crippen LogP contribution in [0.2, 0.25) is 0 Å². The maximum absolute atomic E-state index is 13.0. The minimum Gasteiger partial charge on any atom is -0.385 e. The molecule has 3 aliphatic rings. The van der Waals surface area contributed by atoms with Gasteiger partial charge in [0.25, 0.3) is 11.8 Å². The van der Waals surface area contributed by atoms with Crippen molar-refractivity contribution in [2.45, 2.75) is 37.9 Å². The zero-order valence-corrected chi connectivity index (χ0v) is 16.8. The molecule has 2 aromatic rings. The molecular weight excluding hydrogens is 396 g/mol. The summed E-state index contributed by atoms with van der Waals surface area (Å²) in [6.07, 6.45) is 1.21. The molecule has 8 heteroatoms. The summed E-state index contributed by atoms with van der Waals surface area (Å²) in [4.78, 5) is 50.4. The fourth-order valence-corrected chi connectivity index (χ4v) is 4.55. The van der Waals surface area contributed by atoms with E-state index in [9.17, 15) is 19.2 Å². The number of rotatable bonds is 4. The highest BCUT2D eigenvalue weighted by Gasteiger charge is 2.44. The van der Waals surface area contributed by atoms with E-state index in [1.807, 2.05) is 18.2 Å². The number of fused-ring (bicyclic) bond motifs is 2. The fourth-order valence-electron chi connectivity index (χ4n) is 4.55. The summed E-state index contributed by atoms with van der Waals surface area (Å²) in [5.41, 5.74) is 3.83. The highest BCUT2D eigenvalue weighted by Crippen LogP contribution is 2.31. The second-order valence-corrected chi connectivity index (χ2v) is 8.06. The standard InChI is InChI=1S/C23H22N4O4/c28-20-8-7-19(21(29)26-20)27-22(30)14-6-5-13(11-16(14)23(27)31)12-25-18-9-10-24-17-4-2-1-3-15(17)18/h1-6,11,18-19,24-25H,7-10,12H2,(H,26,28,29). The van der Waals surface area contributed by atoms with Crippen LogP contribution in [0.5, 0.6) is 0 Å². The molecule has 31 heavy (non-hydrogen) atoms. The maximum Gasteiger partial charge on any atom is 0.262 e. The average Bonchev–Trinajstić information content (AvgIpc) is 3.02. The molecule has 3 aliphatic heterocycles. The molecule has 2 atom stereocenters. The van der Waals surface area contributed by atoms with E-state index < -0.39 is 23.8 Å². The van der Waals surface area contributed by atoms with Crippen LogP contribution in [0.4, 0.5) is 5.69 Å². The molecule has 4 amide bonds. The molecule has 0 saturated carbocycles. The number of nitrogens with zero attached hydrogens (tertiary/aromatic N) is 1. The summed E-state index contributed by atoms with van der Waals surface area (Å²) in [6, 6.07) is 12.6. The molecule has 0 bridgehead atoms. The first kappa shape index (κ1) is 19.4. The third-order valence-electron chi connectivity index (χ3n) is 6.14. The Kier molecular flexibility index (Phi) is 4.78. The van der Waals surface area contributed by atoms with Crippen LogP contribution in [-0.4, -0.2) is 41.1 Å². The van der Waals surface area contributed by atoms with Crippen LogP contribution in [-0.2, 0) is 16.1 Å². The Hall–Kier alpha value is -3.52. The van der Waals surface area contributed by atoms with Crippen molar-refractivity contribution < 1.29 is 19.2 Å². The summed E-state index contributed by atoms with van der Waals surface area (Å²) < 4.78 is 0. The third kappa shape index (κ3) is 3.38. The number of amides is 4. The van der Waals surface area contributed by atoms with Gasteiger partial charge in [0.05, 0.1) is 11.1 Å². The molecule has 2 unspecified atom stereocenters. The lowest BCUT2D eigenvalue weighted by atomic mass is 9.97. The number of carbonyl (C=O) groups excluding carboxylic acids is 4. The highest BCUT2D eigenvalue weighted by atomic mass is 16.2. The van der Waals surface area contributed by atoms with Gasteiger partial charge in [0, 0.05) is 31.2 Å². The summed E-state index contributed by atoms with van der Waals surface area (Å²) in [5, 5.41) is 9.15. The van der Waals surface area contributed by atoms with Gasteiger partial charge in [-0.2, -0.15) is 0 Å². The first-order chi connectivity index (χ1) is 15.0. The Labute approximate surface area is 179 Å². The number of benzene rings is 2. The summed E-state index contributed by atoms with van der Waals surface area (Å²) in [7, 11) is 0. The minimum absolute atomic E-state index is 0.108. The van der Waals surface area contributed by atoms with E-state index in [0.717, 1.165) is 29.1 Å². The average molecular weight is 418 g/mol. The molecule has 8 nitrogen and oxygen atoms in total. The first-order valence-corrected chi connectivity index (χ1v) is 10.4. The largest absolute Gasteiger partial charge is 0.385 e. The monoisotopic (exact) mass is 418 g/mol. The lowest BCUT2D eigenvalue weighted by Gasteiger charge is -2.27. The van der Waals surface area contributed by atoms with Gasteiger partial charge in [-0.25, -0.2) is 0 Å². The van der Waals surface area contributed by atoms with Crippen molar-refractivity contribution in [3.8, 4) is 0 Å². The number of anilines is 1. The van der Waals surface area contributed by atoms with E-state index in [0.29, 0.717) is 17.7 Å². The SMILES string of the molecule is O=C1CCC(N2C(=O)c3ccc(CNC4CCNc5ccccc54)cc3C2=O)C(=O)N1. The molecule has 1 saturated heterocycles. The van der Waals surface area contributed by atoms with Crippen molar-refractivity contribution >= 4 is 29.3 Å². The molecule has 5 rings (SSSR count). The molecule has 3 heterocycles. The van der Waals surface area contributed by atoms with Crippen LogP contribution in [0, 0.1) is 0 Å². The zero-order valence-electron chi connectivity index (χ0n) is 16.8. The summed E-state index contributed by atoms with van der Waals surface area (Å²) >= 11 is 0. The fraction of sp³-hybridized carbons (Fsp3) is 0.304. The molecule has 0 radical (unpaired) electrons. The second kappa shape index (κ2) is 7.63. The molecular formula is C23H22N4O4. The predicted octanol–water partition coefficient (Wildman–Crippen LogP) is 1.73. The van der Waals surface area contributed by atoms with Gasteiger partial charge in [0.15, 0.2) is 0 Å². The number of hydrogen-bond donors (Lipinski definition) is 3. The van der Waals surface area contributed by atoms with E-state index in [1.165, 1.54) is 5.56 Å². The topological polar surface area (TPSA) is 108 Å². The zero-order chi connectivity index (χ0) is 21.5. The molecule has 0 spiro atoms. The number of hydrogen-bond acceptors (Lipinski definition) is 6. The van der Waals surface area contributed by atoms with Gasteiger partial charge < -0.3 is 10.6 Å². The Morgan fingerprint density at radius 3 is 2.61 bits per heavy atom. The van der Waals surface area contributed by atoms with Gasteiger partial charge in [-0.05, 0) is 42.2 Å². The van der Waals surface area contributed by atoms with Gasteiger partial charge in [-0.3, -0.25) is 29.4 Å². The quantitative estimate of drug-likeness (QED) is 0.653. The van der Waals surface area contributed by atoms with Gasteiger partial charge >= 0.3 is 0 Å². The lowest BCUT2D eigenvalue weighted by Crippen LogP contribution is -2.54. The van der Waals surface area contributed by atoms with Gasteiger partial charge in [-0.15, -0.1) is 0 Å². The third-order valence-corrected chi connectivity index (χ3v) is 6.14. The number of piperidine rings is 1. The first-order valence-electron chi connectivity index (χ1n) is 10.4. The Morgan fingerprint density at radius 2 is 1.77 bits per heavy atom. The lowest BCUT2D eigenvalue weighted by molar-refractivity contribution is -0.136. The van der Waals surface area contributed by atoms with Crippen molar-refractivity contribution in [2.24, 2.45) is 0 Å². The normalized spacial score (nSPS) is 22.6. The Balaban J connectivity index is 1.33. The van der Waals surface area contributed by atoms with E-state index in [4.69, 9.17) is 0 Å². The molecule has 1 fully saturated rings. The van der Waals surface area contributed by atoms with Crippen molar-refractivity contribution in [1.82, 2.24) is 15.5 Å². The molecule has 2 aromatic carbocycles. The highest BCUT2D eigenvalue weighted by molar-refractivity contribution is 6.23. The summed E-state index contributed by atoms with van der Waals surface area (Å²) in [6.45, 7) is 1.43. The van der Waals surface area contributed by atoms with E-state index >= 15 is 0 Å². The van der Waals surface area contributed by atoms with Gasteiger partial charge in [0.1, 0.15) is 6.04 Å². The van der Waals surface area contributed by atoms with E-state index in [1.54, 1.807) is 12.1 Å². The van der Waals surface area contributed by atoms with Crippen molar-refractivity contribution in [2.75, 3.05) is 11.9 Å². The molecule has 0 aliphatic carbocycles. The molecule has 3 N–H and O–H groups in total. The Bertz CT molecular complexity index is 1110. The minimum atomic E-state index is -0.946. The number of para-hydroxylation sites is 1. The smallest absolute Gasteiger partial charge is 0.262 e. The predicted molar refractivity (Wildman–Crippen MR) is 112 cm³/mol. The Morgan fingerprint density at radius 1 is 0.968 bits per heavy atom. The number of nitrogens with one attached hydrogen (secondary N) is 3. The van der Waals surface area contributed by atoms with Crippen LogP contribution in [0.15, 0.2) is 42.5 Å². The van der Waals surface area contributed by atoms with Crippen LogP contribution in [0.25, 0.3) is 0 Å². The van der Waals surface area contributed by atoms with Crippen molar-refractivity contribution in [3.63, 3.8) is 0 Å². The number of carbonyl (C=O) groups is 4. The van der Waals surface area contributed by atoms with Crippen LogP contribution in [0.1, 0.15) is 57.1 Å². The van der Waals surface area contributed by atoms with Crippen LogP contribution < -0.4 is 16.0 Å². The second-order valence-electron chi connectivity index (χ2n) is 8.06. The van der Waals surface area contributed by atoms with E-state index in [-0.39, 0.29) is 24.8 Å². The molecule has 0 aromatic heterocycles. The van der Waals surface area contributed by atoms with Gasteiger partial charge in [-0.1, -0.05) is 24.3 Å². The van der Waals surface area contributed by atoms with E-state index in [2.05, 4.69) is 28.1 Å². The number of imide groups is 2. The van der Waals surface area contributed by atoms with Crippen molar-refractivity contribution in [3.05, 3.63) is 64.7 Å². The van der Waals surface area contributed by atoms with Crippen LogP contribution >= 0.6 is 0 Å². The van der Waals surface area contributed by atoms with Crippen molar-refractivity contribution in [1.29, 1.82) is 0 Å². The van der Waals surface area contributed by atoms with Crippen LogP contribution in [0.3, 0.4) is 0 Å². The maximum atomic E-state index is 13.0.